The van der Waals surface area contributed by atoms with Gasteiger partial charge < -0.3 is 20.6 Å². The zero-order valence-electron chi connectivity index (χ0n) is 33.4. The Hall–Kier alpha value is -0.650. The highest BCUT2D eigenvalue weighted by Crippen LogP contribution is 2.17. The lowest BCUT2D eigenvalue weighted by molar-refractivity contribution is -0.124. The van der Waals surface area contributed by atoms with E-state index in [0.29, 0.717) is 12.8 Å². The second kappa shape index (κ2) is 40.1. The molecule has 1 amide bonds. The molecular formula is C44H89NO4. The fourth-order valence-electron chi connectivity index (χ4n) is 7.22. The first-order valence-corrected chi connectivity index (χ1v) is 22.3. The first kappa shape index (κ1) is 48.3. The van der Waals surface area contributed by atoms with E-state index in [1.54, 1.807) is 0 Å². The molecule has 0 saturated heterocycles. The van der Waals surface area contributed by atoms with E-state index in [-0.39, 0.29) is 12.5 Å². The van der Waals surface area contributed by atoms with Crippen molar-refractivity contribution in [3.8, 4) is 0 Å². The van der Waals surface area contributed by atoms with E-state index in [2.05, 4.69) is 19.2 Å². The standard InChI is InChI=1S/C44H89NO4/c1-3-5-7-9-11-13-15-17-19-20-21-22-23-25-27-29-31-33-35-37-39-43(48)45-41(40-46)44(49)42(47)38-36-34-32-30-28-26-24-18-16-14-12-10-8-6-4-2/h41-42,44,46-47,49H,3-40H2,1-2H3,(H,45,48)/t41-,42+,44-/m0/s1. The molecule has 0 aromatic carbocycles. The molecule has 49 heavy (non-hydrogen) atoms. The summed E-state index contributed by atoms with van der Waals surface area (Å²) < 4.78 is 0. The molecule has 0 bridgehead atoms. The van der Waals surface area contributed by atoms with Crippen LogP contribution in [0, 0.1) is 0 Å². The molecule has 0 aliphatic carbocycles. The average Bonchev–Trinajstić information content (AvgIpc) is 3.10. The van der Waals surface area contributed by atoms with Gasteiger partial charge in [-0.05, 0) is 12.8 Å². The van der Waals surface area contributed by atoms with Crippen LogP contribution in [0.5, 0.6) is 0 Å². The molecule has 5 nitrogen and oxygen atoms in total. The van der Waals surface area contributed by atoms with E-state index in [1.165, 1.54) is 193 Å². The molecule has 0 rings (SSSR count). The monoisotopic (exact) mass is 696 g/mol. The van der Waals surface area contributed by atoms with Crippen molar-refractivity contribution in [2.75, 3.05) is 6.61 Å². The molecule has 0 fully saturated rings. The highest BCUT2D eigenvalue weighted by Gasteiger charge is 2.26. The van der Waals surface area contributed by atoms with Crippen LogP contribution in [-0.2, 0) is 4.79 Å². The number of amides is 1. The quantitative estimate of drug-likeness (QED) is 0.0479. The van der Waals surface area contributed by atoms with Crippen molar-refractivity contribution in [2.24, 2.45) is 0 Å². The second-order valence-corrected chi connectivity index (χ2v) is 15.6. The number of aliphatic hydroxyl groups excluding tert-OH is 3. The van der Waals surface area contributed by atoms with E-state index < -0.39 is 18.2 Å². The summed E-state index contributed by atoms with van der Waals surface area (Å²) in [5, 5.41) is 33.5. The van der Waals surface area contributed by atoms with Crippen LogP contribution in [0.15, 0.2) is 0 Å². The number of nitrogens with one attached hydrogen (secondary N) is 1. The van der Waals surface area contributed by atoms with Crippen molar-refractivity contribution in [3.05, 3.63) is 0 Å². The summed E-state index contributed by atoms with van der Waals surface area (Å²) in [7, 11) is 0. The van der Waals surface area contributed by atoms with Gasteiger partial charge in [0.1, 0.15) is 6.10 Å². The number of carbonyl (C=O) groups excluding carboxylic acids is 1. The minimum Gasteiger partial charge on any atom is -0.394 e. The third kappa shape index (κ3) is 35.5. The van der Waals surface area contributed by atoms with Gasteiger partial charge in [0.2, 0.25) is 5.91 Å². The van der Waals surface area contributed by atoms with Gasteiger partial charge >= 0.3 is 0 Å². The maximum Gasteiger partial charge on any atom is 0.220 e. The first-order chi connectivity index (χ1) is 24.1. The zero-order valence-corrected chi connectivity index (χ0v) is 33.4. The Bertz CT molecular complexity index is 644. The largest absolute Gasteiger partial charge is 0.394 e. The van der Waals surface area contributed by atoms with E-state index in [1.807, 2.05) is 0 Å². The molecule has 0 heterocycles. The van der Waals surface area contributed by atoms with Crippen LogP contribution in [0.4, 0.5) is 0 Å². The molecule has 294 valence electrons. The predicted octanol–water partition coefficient (Wildman–Crippen LogP) is 12.7. The highest BCUT2D eigenvalue weighted by atomic mass is 16.3. The van der Waals surface area contributed by atoms with Crippen molar-refractivity contribution >= 4 is 5.91 Å². The van der Waals surface area contributed by atoms with Crippen LogP contribution in [0.1, 0.15) is 251 Å². The van der Waals surface area contributed by atoms with Crippen LogP contribution in [0.3, 0.4) is 0 Å². The first-order valence-electron chi connectivity index (χ1n) is 22.3. The summed E-state index contributed by atoms with van der Waals surface area (Å²) in [4.78, 5) is 12.4. The number of hydrogen-bond donors (Lipinski definition) is 4. The van der Waals surface area contributed by atoms with Gasteiger partial charge in [0, 0.05) is 6.42 Å². The average molecular weight is 696 g/mol. The van der Waals surface area contributed by atoms with Gasteiger partial charge in [0.25, 0.3) is 0 Å². The summed E-state index contributed by atoms with van der Waals surface area (Å²) in [6.45, 7) is 4.20. The molecule has 0 spiro atoms. The van der Waals surface area contributed by atoms with Crippen molar-refractivity contribution in [1.82, 2.24) is 5.32 Å². The van der Waals surface area contributed by atoms with Crippen LogP contribution in [-0.4, -0.2) is 46.1 Å². The Kier molecular flexibility index (Phi) is 39.6. The number of unbranched alkanes of at least 4 members (excludes halogenated alkanes) is 33. The van der Waals surface area contributed by atoms with Gasteiger partial charge in [-0.1, -0.05) is 232 Å². The highest BCUT2D eigenvalue weighted by molar-refractivity contribution is 5.76. The number of hydrogen-bond acceptors (Lipinski definition) is 4. The fourth-order valence-corrected chi connectivity index (χ4v) is 7.22. The summed E-state index contributed by atoms with van der Waals surface area (Å²) in [5.74, 6) is -0.139. The Balaban J connectivity index is 3.57. The van der Waals surface area contributed by atoms with Gasteiger partial charge in [-0.3, -0.25) is 4.79 Å². The molecule has 0 aromatic rings. The van der Waals surface area contributed by atoms with Crippen LogP contribution < -0.4 is 5.32 Å². The third-order valence-corrected chi connectivity index (χ3v) is 10.7. The van der Waals surface area contributed by atoms with Gasteiger partial charge in [0.05, 0.1) is 18.8 Å². The van der Waals surface area contributed by atoms with Crippen molar-refractivity contribution in [3.63, 3.8) is 0 Å². The maximum atomic E-state index is 12.4. The Morgan fingerprint density at radius 3 is 0.980 bits per heavy atom. The number of rotatable bonds is 41. The molecule has 3 atom stereocenters. The Labute approximate surface area is 307 Å². The minimum absolute atomic E-state index is 0.139. The van der Waals surface area contributed by atoms with Crippen LogP contribution in [0.25, 0.3) is 0 Å². The Morgan fingerprint density at radius 2 is 0.694 bits per heavy atom. The topological polar surface area (TPSA) is 89.8 Å². The van der Waals surface area contributed by atoms with E-state index >= 15 is 0 Å². The zero-order chi connectivity index (χ0) is 35.9. The van der Waals surface area contributed by atoms with Crippen LogP contribution in [0.2, 0.25) is 0 Å². The molecule has 0 saturated carbocycles. The smallest absolute Gasteiger partial charge is 0.220 e. The second-order valence-electron chi connectivity index (χ2n) is 15.6. The summed E-state index contributed by atoms with van der Waals surface area (Å²) in [5.41, 5.74) is 0. The maximum absolute atomic E-state index is 12.4. The predicted molar refractivity (Wildman–Crippen MR) is 213 cm³/mol. The number of aliphatic hydroxyl groups is 3. The molecule has 0 aliphatic heterocycles. The lowest BCUT2D eigenvalue weighted by Crippen LogP contribution is -2.50. The third-order valence-electron chi connectivity index (χ3n) is 10.7. The van der Waals surface area contributed by atoms with E-state index in [9.17, 15) is 20.1 Å². The summed E-state index contributed by atoms with van der Waals surface area (Å²) in [6, 6.07) is -0.802. The van der Waals surface area contributed by atoms with E-state index in [0.717, 1.165) is 32.1 Å². The fraction of sp³-hybridized carbons (Fsp3) is 0.977. The van der Waals surface area contributed by atoms with E-state index in [4.69, 9.17) is 0 Å². The SMILES string of the molecule is CCCCCCCCCCCCCCCCCCCCCCC(=O)N[C@@H](CO)[C@H](O)[C@H](O)CCCCCCCCCCCCCCCCC. The molecule has 4 N–H and O–H groups in total. The summed E-state index contributed by atoms with van der Waals surface area (Å²) in [6.07, 6.45) is 44.9. The van der Waals surface area contributed by atoms with Gasteiger partial charge in [-0.15, -0.1) is 0 Å². The minimum atomic E-state index is -1.13. The molecule has 0 aliphatic rings. The van der Waals surface area contributed by atoms with Crippen molar-refractivity contribution < 1.29 is 20.1 Å². The molecular weight excluding hydrogens is 606 g/mol. The summed E-state index contributed by atoms with van der Waals surface area (Å²) >= 11 is 0. The molecule has 0 unspecified atom stereocenters. The van der Waals surface area contributed by atoms with Gasteiger partial charge in [-0.25, -0.2) is 0 Å². The number of carbonyl (C=O) groups is 1. The molecule has 5 heteroatoms. The van der Waals surface area contributed by atoms with Crippen LogP contribution >= 0.6 is 0 Å². The lowest BCUT2D eigenvalue weighted by Gasteiger charge is -2.26. The molecule has 0 aromatic heterocycles. The van der Waals surface area contributed by atoms with Crippen molar-refractivity contribution in [1.29, 1.82) is 0 Å². The van der Waals surface area contributed by atoms with Gasteiger partial charge in [-0.2, -0.15) is 0 Å². The normalized spacial score (nSPS) is 13.5. The molecule has 0 radical (unpaired) electrons. The Morgan fingerprint density at radius 1 is 0.429 bits per heavy atom. The van der Waals surface area contributed by atoms with Gasteiger partial charge in [0.15, 0.2) is 0 Å². The lowest BCUT2D eigenvalue weighted by atomic mass is 9.99. The van der Waals surface area contributed by atoms with Crippen molar-refractivity contribution in [2.45, 2.75) is 270 Å².